The van der Waals surface area contributed by atoms with Gasteiger partial charge in [0.2, 0.25) is 0 Å². The number of carbonyl (C=O) groups is 2. The molecule has 4 rings (SSSR count). The number of ether oxygens (including phenoxy) is 3. The van der Waals surface area contributed by atoms with Crippen LogP contribution in [-0.4, -0.2) is 44.7 Å². The summed E-state index contributed by atoms with van der Waals surface area (Å²) in [6.07, 6.45) is 0.655. The molecule has 1 heterocycles. The molecule has 0 radical (unpaired) electrons. The summed E-state index contributed by atoms with van der Waals surface area (Å²) in [7, 11) is 4.51. The molecule has 3 aromatic rings. The van der Waals surface area contributed by atoms with Crippen molar-refractivity contribution < 1.29 is 23.8 Å². The number of methoxy groups -OCH3 is 3. The van der Waals surface area contributed by atoms with Crippen molar-refractivity contribution in [2.45, 2.75) is 12.5 Å². The molecule has 1 aliphatic rings. The van der Waals surface area contributed by atoms with Crippen LogP contribution in [0, 0.1) is 0 Å². The molecule has 1 atom stereocenters. The lowest BCUT2D eigenvalue weighted by Gasteiger charge is -2.38. The maximum atomic E-state index is 13.6. The van der Waals surface area contributed by atoms with Gasteiger partial charge < -0.3 is 19.1 Å². The zero-order chi connectivity index (χ0) is 23.5. The van der Waals surface area contributed by atoms with Crippen LogP contribution in [0.25, 0.3) is 0 Å². The summed E-state index contributed by atoms with van der Waals surface area (Å²) in [6.45, 7) is 0.496. The number of rotatable bonds is 5. The summed E-state index contributed by atoms with van der Waals surface area (Å²) in [5.41, 5.74) is 3.70. The van der Waals surface area contributed by atoms with Gasteiger partial charge in [-0.25, -0.2) is 4.79 Å². The van der Waals surface area contributed by atoms with Crippen LogP contribution in [-0.2, 0) is 11.2 Å². The Kier molecular flexibility index (Phi) is 6.56. The highest BCUT2D eigenvalue weighted by atomic mass is 35.5. The molecule has 0 aromatic heterocycles. The maximum absolute atomic E-state index is 13.6. The molecule has 170 valence electrons. The van der Waals surface area contributed by atoms with Gasteiger partial charge in [-0.15, -0.1) is 0 Å². The number of esters is 1. The van der Waals surface area contributed by atoms with Crippen molar-refractivity contribution in [2.75, 3.05) is 27.9 Å². The van der Waals surface area contributed by atoms with Crippen molar-refractivity contribution in [3.05, 3.63) is 93.5 Å². The highest BCUT2D eigenvalue weighted by molar-refractivity contribution is 6.31. The Morgan fingerprint density at radius 1 is 0.879 bits per heavy atom. The summed E-state index contributed by atoms with van der Waals surface area (Å²) in [5.74, 6) is 0.630. The topological polar surface area (TPSA) is 65.1 Å². The van der Waals surface area contributed by atoms with Crippen LogP contribution in [0.2, 0.25) is 5.02 Å². The van der Waals surface area contributed by atoms with Gasteiger partial charge in [0.15, 0.2) is 11.5 Å². The Bertz CT molecular complexity index is 1190. The number of fused-ring (bicyclic) bond motifs is 1. The molecule has 0 saturated heterocycles. The first kappa shape index (κ1) is 22.7. The van der Waals surface area contributed by atoms with Crippen LogP contribution in [0.15, 0.2) is 60.7 Å². The van der Waals surface area contributed by atoms with Gasteiger partial charge in [0, 0.05) is 17.1 Å². The van der Waals surface area contributed by atoms with Gasteiger partial charge in [0.25, 0.3) is 5.91 Å². The fourth-order valence-corrected chi connectivity index (χ4v) is 4.47. The lowest BCUT2D eigenvalue weighted by molar-refractivity contribution is 0.0599. The van der Waals surface area contributed by atoms with Gasteiger partial charge in [0.05, 0.1) is 32.9 Å². The van der Waals surface area contributed by atoms with E-state index in [2.05, 4.69) is 0 Å². The quantitative estimate of drug-likeness (QED) is 0.500. The first-order valence-corrected chi connectivity index (χ1v) is 10.8. The number of benzene rings is 3. The third kappa shape index (κ3) is 4.26. The number of carbonyl (C=O) groups excluding carboxylic acids is 2. The monoisotopic (exact) mass is 465 g/mol. The summed E-state index contributed by atoms with van der Waals surface area (Å²) >= 11 is 6.60. The molecule has 0 spiro atoms. The highest BCUT2D eigenvalue weighted by Crippen LogP contribution is 2.43. The van der Waals surface area contributed by atoms with Crippen molar-refractivity contribution >= 4 is 23.5 Å². The SMILES string of the molecule is COC(=O)c1ccc(C(=O)N2CCc3cc(OC)c(OC)cc3[C@H]2c2ccccc2Cl)cc1. The largest absolute Gasteiger partial charge is 0.493 e. The van der Waals surface area contributed by atoms with Gasteiger partial charge in [-0.3, -0.25) is 4.79 Å². The molecule has 0 bridgehead atoms. The van der Waals surface area contributed by atoms with Crippen molar-refractivity contribution in [2.24, 2.45) is 0 Å². The second-order valence-corrected chi connectivity index (χ2v) is 8.05. The van der Waals surface area contributed by atoms with E-state index < -0.39 is 12.0 Å². The number of halogens is 1. The average Bonchev–Trinajstić information content (AvgIpc) is 2.86. The third-order valence-electron chi connectivity index (χ3n) is 5.89. The van der Waals surface area contributed by atoms with E-state index >= 15 is 0 Å². The minimum absolute atomic E-state index is 0.156. The minimum atomic E-state index is -0.448. The summed E-state index contributed by atoms with van der Waals surface area (Å²) < 4.78 is 15.8. The summed E-state index contributed by atoms with van der Waals surface area (Å²) in [4.78, 5) is 27.2. The zero-order valence-electron chi connectivity index (χ0n) is 18.6. The van der Waals surface area contributed by atoms with Crippen molar-refractivity contribution in [3.8, 4) is 11.5 Å². The van der Waals surface area contributed by atoms with E-state index in [0.717, 1.165) is 16.7 Å². The highest BCUT2D eigenvalue weighted by Gasteiger charge is 2.35. The predicted molar refractivity (Wildman–Crippen MR) is 125 cm³/mol. The number of hydrogen-bond donors (Lipinski definition) is 0. The molecule has 1 amide bonds. The third-order valence-corrected chi connectivity index (χ3v) is 6.23. The number of hydrogen-bond acceptors (Lipinski definition) is 5. The van der Waals surface area contributed by atoms with Gasteiger partial charge >= 0.3 is 5.97 Å². The molecule has 0 fully saturated rings. The van der Waals surface area contributed by atoms with Gasteiger partial charge in [-0.05, 0) is 65.6 Å². The first-order valence-electron chi connectivity index (χ1n) is 10.5. The molecule has 3 aromatic carbocycles. The minimum Gasteiger partial charge on any atom is -0.493 e. The Hall–Kier alpha value is -3.51. The maximum Gasteiger partial charge on any atom is 0.337 e. The smallest absolute Gasteiger partial charge is 0.337 e. The van der Waals surface area contributed by atoms with E-state index in [0.29, 0.717) is 40.6 Å². The predicted octanol–water partition coefficient (Wildman–Crippen LogP) is 4.93. The van der Waals surface area contributed by atoms with E-state index in [1.165, 1.54) is 7.11 Å². The fourth-order valence-electron chi connectivity index (χ4n) is 4.23. The van der Waals surface area contributed by atoms with Gasteiger partial charge in [-0.1, -0.05) is 29.8 Å². The molecule has 33 heavy (non-hydrogen) atoms. The second-order valence-electron chi connectivity index (χ2n) is 7.65. The van der Waals surface area contributed by atoms with Crippen LogP contribution in [0.3, 0.4) is 0 Å². The molecule has 0 unspecified atom stereocenters. The van der Waals surface area contributed by atoms with Gasteiger partial charge in [-0.2, -0.15) is 0 Å². The van der Waals surface area contributed by atoms with Crippen LogP contribution in [0.4, 0.5) is 0 Å². The Morgan fingerprint density at radius 3 is 2.15 bits per heavy atom. The van der Waals surface area contributed by atoms with Gasteiger partial charge in [0.1, 0.15) is 0 Å². The van der Waals surface area contributed by atoms with E-state index in [1.54, 1.807) is 38.5 Å². The number of amides is 1. The Labute approximate surface area is 197 Å². The zero-order valence-corrected chi connectivity index (χ0v) is 19.4. The molecular formula is C26H24ClNO5. The number of nitrogens with zero attached hydrogens (tertiary/aromatic N) is 1. The standard InChI is InChI=1S/C26H24ClNO5/c1-31-22-14-18-12-13-28(25(29)16-8-10-17(11-9-16)26(30)33-3)24(20(18)15-23(22)32-2)19-6-4-5-7-21(19)27/h4-11,14-15,24H,12-13H2,1-3H3/t24-/m1/s1. The van der Waals surface area contributed by atoms with E-state index in [9.17, 15) is 9.59 Å². The van der Waals surface area contributed by atoms with E-state index in [1.807, 2.05) is 41.3 Å². The van der Waals surface area contributed by atoms with Crippen molar-refractivity contribution in [1.29, 1.82) is 0 Å². The van der Waals surface area contributed by atoms with Crippen LogP contribution in [0.5, 0.6) is 11.5 Å². The molecular weight excluding hydrogens is 442 g/mol. The molecule has 0 N–H and O–H groups in total. The first-order chi connectivity index (χ1) is 16.0. The van der Waals surface area contributed by atoms with Crippen LogP contribution in [0.1, 0.15) is 43.4 Å². The van der Waals surface area contributed by atoms with Crippen molar-refractivity contribution in [1.82, 2.24) is 4.90 Å². The van der Waals surface area contributed by atoms with Crippen LogP contribution < -0.4 is 9.47 Å². The molecule has 7 heteroatoms. The van der Waals surface area contributed by atoms with E-state index in [4.69, 9.17) is 25.8 Å². The normalized spacial score (nSPS) is 14.9. The van der Waals surface area contributed by atoms with E-state index in [-0.39, 0.29) is 5.91 Å². The van der Waals surface area contributed by atoms with Crippen molar-refractivity contribution in [3.63, 3.8) is 0 Å². The summed E-state index contributed by atoms with van der Waals surface area (Å²) in [6, 6.07) is 17.5. The Morgan fingerprint density at radius 2 is 1.52 bits per heavy atom. The van der Waals surface area contributed by atoms with Crippen LogP contribution >= 0.6 is 11.6 Å². The lowest BCUT2D eigenvalue weighted by atomic mass is 9.87. The fraction of sp³-hybridized carbons (Fsp3) is 0.231. The Balaban J connectivity index is 1.80. The average molecular weight is 466 g/mol. The summed E-state index contributed by atoms with van der Waals surface area (Å²) in [5, 5.41) is 0.573. The molecule has 1 aliphatic heterocycles. The lowest BCUT2D eigenvalue weighted by Crippen LogP contribution is -2.40. The molecule has 0 saturated carbocycles. The molecule has 0 aliphatic carbocycles. The molecule has 6 nitrogen and oxygen atoms in total. The second kappa shape index (κ2) is 9.55.